The Labute approximate surface area is 267 Å². The molecule has 4 aromatic carbocycles. The minimum absolute atomic E-state index is 0.0643. The van der Waals surface area contributed by atoms with Gasteiger partial charge in [0, 0.05) is 48.2 Å². The normalized spacial score (nSPS) is 15.4. The van der Waals surface area contributed by atoms with Crippen LogP contribution in [-0.4, -0.2) is 45.4 Å². The van der Waals surface area contributed by atoms with Gasteiger partial charge >= 0.3 is 11.9 Å². The molecule has 46 heavy (non-hydrogen) atoms. The van der Waals surface area contributed by atoms with Crippen molar-refractivity contribution in [2.75, 3.05) is 19.0 Å². The molecule has 0 aliphatic carbocycles. The van der Waals surface area contributed by atoms with Gasteiger partial charge in [0.15, 0.2) is 5.75 Å². The number of imidazole rings is 1. The van der Waals surface area contributed by atoms with Crippen molar-refractivity contribution in [1.82, 2.24) is 9.55 Å². The van der Waals surface area contributed by atoms with Crippen molar-refractivity contribution in [3.8, 4) is 16.9 Å². The first kappa shape index (κ1) is 31.0. The summed E-state index contributed by atoms with van der Waals surface area (Å²) in [6, 6.07) is 18.9. The van der Waals surface area contributed by atoms with Gasteiger partial charge in [-0.15, -0.1) is 0 Å². The zero-order chi connectivity index (χ0) is 32.6. The van der Waals surface area contributed by atoms with E-state index >= 15 is 8.78 Å². The Morgan fingerprint density at radius 3 is 2.46 bits per heavy atom. The number of ether oxygens (including phenoxy) is 2. The van der Waals surface area contributed by atoms with Crippen molar-refractivity contribution in [2.45, 2.75) is 31.5 Å². The third kappa shape index (κ3) is 5.86. The Kier molecular flexibility index (Phi) is 8.37. The van der Waals surface area contributed by atoms with E-state index < -0.39 is 29.3 Å². The Morgan fingerprint density at radius 1 is 1.04 bits per heavy atom. The van der Waals surface area contributed by atoms with E-state index in [0.717, 1.165) is 0 Å². The molecule has 0 saturated heterocycles. The lowest BCUT2D eigenvalue weighted by Crippen LogP contribution is -2.37. The molecule has 0 radical (unpaired) electrons. The molecule has 0 saturated carbocycles. The molecule has 3 N–H and O–H groups in total. The predicted molar refractivity (Wildman–Crippen MR) is 167 cm³/mol. The van der Waals surface area contributed by atoms with Crippen molar-refractivity contribution < 1.29 is 38.1 Å². The second-order valence-electron chi connectivity index (χ2n) is 10.9. The highest BCUT2D eigenvalue weighted by Gasteiger charge is 2.42. The number of nitrogens with one attached hydrogen (secondary N) is 1. The van der Waals surface area contributed by atoms with Gasteiger partial charge in [-0.2, -0.15) is 0 Å². The summed E-state index contributed by atoms with van der Waals surface area (Å²) in [5, 5.41) is 22.7. The maximum absolute atomic E-state index is 15.8. The third-order valence-corrected chi connectivity index (χ3v) is 8.26. The summed E-state index contributed by atoms with van der Waals surface area (Å²) >= 11 is 6.09. The summed E-state index contributed by atoms with van der Waals surface area (Å²) in [6.07, 6.45) is -0.333. The van der Waals surface area contributed by atoms with E-state index in [-0.39, 0.29) is 42.6 Å². The number of methoxy groups -OCH3 is 1. The molecular formula is C34H28ClF2N3O6. The second-order valence-corrected chi connectivity index (χ2v) is 11.3. The Balaban J connectivity index is 1.36. The van der Waals surface area contributed by atoms with Gasteiger partial charge in [0.2, 0.25) is 5.72 Å². The number of aliphatic carboxylic acids is 1. The summed E-state index contributed by atoms with van der Waals surface area (Å²) in [6.45, 7) is 0.571. The molecule has 1 aliphatic heterocycles. The van der Waals surface area contributed by atoms with Gasteiger partial charge in [-0.05, 0) is 54.1 Å². The lowest BCUT2D eigenvalue weighted by Gasteiger charge is -2.29. The highest BCUT2D eigenvalue weighted by atomic mass is 35.5. The summed E-state index contributed by atoms with van der Waals surface area (Å²) in [5.74, 6) is -3.04. The molecule has 6 rings (SSSR count). The van der Waals surface area contributed by atoms with Crippen LogP contribution in [0.4, 0.5) is 14.5 Å². The number of aromatic carboxylic acids is 1. The SMILES string of the molecule is COCCn1c(Cc2c(F)cc(-c3cccc4c3OC(CCC(=O)O)(c3ccc(Cl)cc3)N4)cc2F)nc2ccc(C(=O)O)cc21. The summed E-state index contributed by atoms with van der Waals surface area (Å²) in [4.78, 5) is 27.6. The van der Waals surface area contributed by atoms with E-state index in [1.807, 2.05) is 0 Å². The monoisotopic (exact) mass is 647 g/mol. The number of hydrogen-bond acceptors (Lipinski definition) is 6. The van der Waals surface area contributed by atoms with E-state index in [1.54, 1.807) is 53.1 Å². The first-order valence-corrected chi connectivity index (χ1v) is 14.7. The van der Waals surface area contributed by atoms with Crippen LogP contribution in [0.1, 0.15) is 40.2 Å². The van der Waals surface area contributed by atoms with E-state index in [4.69, 9.17) is 21.1 Å². The van der Waals surface area contributed by atoms with Gasteiger partial charge in [0.05, 0.1) is 35.3 Å². The molecule has 5 aromatic rings. The molecule has 0 bridgehead atoms. The predicted octanol–water partition coefficient (Wildman–Crippen LogP) is 7.09. The summed E-state index contributed by atoms with van der Waals surface area (Å²) in [5.41, 5.74) is 1.42. The van der Waals surface area contributed by atoms with Crippen LogP contribution in [0, 0.1) is 11.6 Å². The number of hydrogen-bond donors (Lipinski definition) is 3. The van der Waals surface area contributed by atoms with Crippen molar-refractivity contribution >= 4 is 40.3 Å². The average Bonchev–Trinajstić information content (AvgIpc) is 3.59. The minimum Gasteiger partial charge on any atom is -0.481 e. The van der Waals surface area contributed by atoms with Crippen LogP contribution in [0.2, 0.25) is 5.02 Å². The minimum atomic E-state index is -1.25. The Morgan fingerprint density at radius 2 is 1.78 bits per heavy atom. The molecule has 12 heteroatoms. The average molecular weight is 648 g/mol. The molecule has 0 spiro atoms. The molecule has 1 unspecified atom stereocenters. The lowest BCUT2D eigenvalue weighted by molar-refractivity contribution is -0.138. The van der Waals surface area contributed by atoms with Crippen LogP contribution in [0.3, 0.4) is 0 Å². The fourth-order valence-electron chi connectivity index (χ4n) is 5.74. The molecule has 1 aliphatic rings. The van der Waals surface area contributed by atoms with Crippen LogP contribution < -0.4 is 10.1 Å². The summed E-state index contributed by atoms with van der Waals surface area (Å²) < 4.78 is 44.9. The van der Waals surface area contributed by atoms with Crippen LogP contribution in [-0.2, 0) is 28.2 Å². The van der Waals surface area contributed by atoms with E-state index in [0.29, 0.717) is 51.0 Å². The number of carboxylic acids is 2. The van der Waals surface area contributed by atoms with E-state index in [2.05, 4.69) is 10.3 Å². The molecule has 236 valence electrons. The number of carbonyl (C=O) groups is 2. The van der Waals surface area contributed by atoms with Gasteiger partial charge < -0.3 is 29.6 Å². The fraction of sp³-hybridized carbons (Fsp3) is 0.206. The number of para-hydroxylation sites is 1. The van der Waals surface area contributed by atoms with Crippen molar-refractivity contribution in [2.24, 2.45) is 0 Å². The van der Waals surface area contributed by atoms with Crippen molar-refractivity contribution in [3.05, 3.63) is 112 Å². The lowest BCUT2D eigenvalue weighted by atomic mass is 9.97. The van der Waals surface area contributed by atoms with Crippen molar-refractivity contribution in [1.29, 1.82) is 0 Å². The van der Waals surface area contributed by atoms with Crippen molar-refractivity contribution in [3.63, 3.8) is 0 Å². The largest absolute Gasteiger partial charge is 0.481 e. The molecule has 9 nitrogen and oxygen atoms in total. The number of anilines is 1. The van der Waals surface area contributed by atoms with Gasteiger partial charge in [-0.3, -0.25) is 4.79 Å². The highest BCUT2D eigenvalue weighted by molar-refractivity contribution is 6.30. The zero-order valence-electron chi connectivity index (χ0n) is 24.5. The number of carboxylic acid groups (broad SMARTS) is 2. The van der Waals surface area contributed by atoms with Crippen LogP contribution >= 0.6 is 11.6 Å². The fourth-order valence-corrected chi connectivity index (χ4v) is 5.87. The molecule has 2 heterocycles. The van der Waals surface area contributed by atoms with Gasteiger partial charge in [-0.25, -0.2) is 18.6 Å². The number of rotatable bonds is 11. The number of aromatic nitrogens is 2. The van der Waals surface area contributed by atoms with E-state index in [1.165, 1.54) is 31.4 Å². The van der Waals surface area contributed by atoms with Crippen LogP contribution in [0.25, 0.3) is 22.2 Å². The number of benzene rings is 4. The van der Waals surface area contributed by atoms with Gasteiger partial charge in [0.1, 0.15) is 17.5 Å². The molecule has 0 fully saturated rings. The Hall–Kier alpha value is -5.00. The standard InChI is InChI=1S/C34H28ClF2N3O6/c1-45-14-13-40-29-17-19(33(43)44)5-10-27(29)38-30(40)18-24-25(36)15-20(16-26(24)37)23-3-2-4-28-32(23)46-34(39-28,12-11-31(41)42)21-6-8-22(35)9-7-21/h2-10,15-17,39H,11-14,18H2,1H3,(H,41,42)(H,43,44). The number of nitrogens with zero attached hydrogens (tertiary/aromatic N) is 2. The first-order valence-electron chi connectivity index (χ1n) is 14.4. The van der Waals surface area contributed by atoms with Crippen LogP contribution in [0.15, 0.2) is 72.8 Å². The summed E-state index contributed by atoms with van der Waals surface area (Å²) in [7, 11) is 1.52. The number of halogens is 3. The van der Waals surface area contributed by atoms with Gasteiger partial charge in [0.25, 0.3) is 0 Å². The highest BCUT2D eigenvalue weighted by Crippen LogP contribution is 2.49. The molecule has 1 atom stereocenters. The van der Waals surface area contributed by atoms with E-state index in [9.17, 15) is 19.8 Å². The second kappa shape index (κ2) is 12.4. The van der Waals surface area contributed by atoms with Crippen LogP contribution in [0.5, 0.6) is 5.75 Å². The maximum Gasteiger partial charge on any atom is 0.335 e. The first-order chi connectivity index (χ1) is 22.1. The topological polar surface area (TPSA) is 123 Å². The molecular weight excluding hydrogens is 620 g/mol. The smallest absolute Gasteiger partial charge is 0.335 e. The Bertz CT molecular complexity index is 1960. The third-order valence-electron chi connectivity index (χ3n) is 8.01. The number of fused-ring (bicyclic) bond motifs is 2. The zero-order valence-corrected chi connectivity index (χ0v) is 25.3. The molecule has 0 amide bonds. The maximum atomic E-state index is 15.8. The van der Waals surface area contributed by atoms with Gasteiger partial charge in [-0.1, -0.05) is 35.9 Å². The molecule has 1 aromatic heterocycles. The quantitative estimate of drug-likeness (QED) is 0.139.